The van der Waals surface area contributed by atoms with Gasteiger partial charge in [-0.3, -0.25) is 4.79 Å². The maximum Gasteiger partial charge on any atom is 0.246 e. The Balaban J connectivity index is 2.15. The fourth-order valence-corrected chi connectivity index (χ4v) is 1.92. The summed E-state index contributed by atoms with van der Waals surface area (Å²) in [6.07, 6.45) is 4.83. The van der Waals surface area contributed by atoms with E-state index in [0.29, 0.717) is 6.04 Å². The lowest BCUT2D eigenvalue weighted by atomic mass is 9.87. The van der Waals surface area contributed by atoms with Gasteiger partial charge in [0.2, 0.25) is 5.91 Å². The molecular weight excluding hydrogens is 190 g/mol. The van der Waals surface area contributed by atoms with Crippen molar-refractivity contribution in [2.75, 3.05) is 6.61 Å². The van der Waals surface area contributed by atoms with E-state index in [2.05, 4.69) is 12.2 Å². The third kappa shape index (κ3) is 5.17. The Labute approximate surface area is 92.6 Å². The highest BCUT2D eigenvalue weighted by molar-refractivity contribution is 5.77. The van der Waals surface area contributed by atoms with E-state index in [1.54, 1.807) is 0 Å². The maximum atomic E-state index is 11.5. The number of amides is 1. The van der Waals surface area contributed by atoms with Crippen LogP contribution in [0.25, 0.3) is 0 Å². The number of ether oxygens (including phenoxy) is 1. The van der Waals surface area contributed by atoms with Crippen LogP contribution in [0.4, 0.5) is 0 Å². The number of rotatable bonds is 4. The Morgan fingerprint density at radius 1 is 1.33 bits per heavy atom. The number of hydrogen-bond donors (Lipinski definition) is 1. The van der Waals surface area contributed by atoms with Gasteiger partial charge in [-0.25, -0.2) is 0 Å². The topological polar surface area (TPSA) is 38.3 Å². The molecule has 0 saturated heterocycles. The molecule has 0 spiro atoms. The van der Waals surface area contributed by atoms with Gasteiger partial charge in [0.05, 0.1) is 6.10 Å². The third-order valence-corrected chi connectivity index (χ3v) is 2.93. The standard InChI is InChI=1S/C12H23NO2/c1-9(2)15-8-12(14)13-11-6-4-10(3)5-7-11/h9-11H,4-8H2,1-3H3,(H,13,14). The fourth-order valence-electron chi connectivity index (χ4n) is 1.92. The summed E-state index contributed by atoms with van der Waals surface area (Å²) in [4.78, 5) is 11.5. The average Bonchev–Trinajstić information content (AvgIpc) is 2.19. The highest BCUT2D eigenvalue weighted by atomic mass is 16.5. The van der Waals surface area contributed by atoms with Gasteiger partial charge in [0.1, 0.15) is 6.61 Å². The molecule has 0 aromatic rings. The second-order valence-electron chi connectivity index (χ2n) is 4.88. The summed E-state index contributed by atoms with van der Waals surface area (Å²) in [5.74, 6) is 0.855. The Kier molecular flexibility index (Phi) is 5.09. The molecule has 3 heteroatoms. The highest BCUT2D eigenvalue weighted by Gasteiger charge is 2.19. The van der Waals surface area contributed by atoms with Gasteiger partial charge in [-0.05, 0) is 45.4 Å². The van der Waals surface area contributed by atoms with Crippen molar-refractivity contribution in [2.24, 2.45) is 5.92 Å². The SMILES string of the molecule is CC1CCC(NC(=O)COC(C)C)CC1. The molecule has 1 aliphatic carbocycles. The molecule has 88 valence electrons. The van der Waals surface area contributed by atoms with Crippen LogP contribution in [-0.4, -0.2) is 24.7 Å². The molecule has 1 saturated carbocycles. The van der Waals surface area contributed by atoms with E-state index < -0.39 is 0 Å². The quantitative estimate of drug-likeness (QED) is 0.776. The van der Waals surface area contributed by atoms with Gasteiger partial charge < -0.3 is 10.1 Å². The van der Waals surface area contributed by atoms with Crippen molar-refractivity contribution in [3.8, 4) is 0 Å². The number of nitrogens with one attached hydrogen (secondary N) is 1. The first-order valence-electron chi connectivity index (χ1n) is 5.99. The van der Waals surface area contributed by atoms with E-state index in [-0.39, 0.29) is 18.6 Å². The smallest absolute Gasteiger partial charge is 0.246 e. The maximum absolute atomic E-state index is 11.5. The van der Waals surface area contributed by atoms with Crippen molar-refractivity contribution in [1.29, 1.82) is 0 Å². The van der Waals surface area contributed by atoms with Crippen LogP contribution in [0.5, 0.6) is 0 Å². The van der Waals surface area contributed by atoms with Crippen LogP contribution in [0.15, 0.2) is 0 Å². The van der Waals surface area contributed by atoms with Crippen molar-refractivity contribution < 1.29 is 9.53 Å². The van der Waals surface area contributed by atoms with Crippen LogP contribution in [0.1, 0.15) is 46.5 Å². The summed E-state index contributed by atoms with van der Waals surface area (Å²) in [6, 6.07) is 0.379. The summed E-state index contributed by atoms with van der Waals surface area (Å²) >= 11 is 0. The summed E-state index contributed by atoms with van der Waals surface area (Å²) in [6.45, 7) is 6.36. The highest BCUT2D eigenvalue weighted by Crippen LogP contribution is 2.23. The van der Waals surface area contributed by atoms with E-state index in [0.717, 1.165) is 18.8 Å². The lowest BCUT2D eigenvalue weighted by Gasteiger charge is -2.26. The second-order valence-corrected chi connectivity index (χ2v) is 4.88. The summed E-state index contributed by atoms with van der Waals surface area (Å²) < 4.78 is 5.25. The zero-order chi connectivity index (χ0) is 11.3. The largest absolute Gasteiger partial charge is 0.369 e. The molecule has 3 nitrogen and oxygen atoms in total. The fraction of sp³-hybridized carbons (Fsp3) is 0.917. The first-order chi connectivity index (χ1) is 7.08. The summed E-state index contributed by atoms with van der Waals surface area (Å²) in [5, 5.41) is 3.03. The minimum Gasteiger partial charge on any atom is -0.369 e. The van der Waals surface area contributed by atoms with E-state index in [1.807, 2.05) is 13.8 Å². The van der Waals surface area contributed by atoms with Crippen LogP contribution < -0.4 is 5.32 Å². The Bertz CT molecular complexity index is 196. The van der Waals surface area contributed by atoms with Crippen molar-refractivity contribution in [3.63, 3.8) is 0 Å². The molecule has 1 fully saturated rings. The number of carbonyl (C=O) groups excluding carboxylic acids is 1. The Morgan fingerprint density at radius 3 is 2.47 bits per heavy atom. The third-order valence-electron chi connectivity index (χ3n) is 2.93. The van der Waals surface area contributed by atoms with Crippen LogP contribution in [0.2, 0.25) is 0 Å². The van der Waals surface area contributed by atoms with Crippen molar-refractivity contribution in [2.45, 2.75) is 58.6 Å². The van der Waals surface area contributed by atoms with Gasteiger partial charge in [0.25, 0.3) is 0 Å². The number of hydrogen-bond acceptors (Lipinski definition) is 2. The molecule has 0 aliphatic heterocycles. The number of carbonyl (C=O) groups is 1. The Morgan fingerprint density at radius 2 is 1.93 bits per heavy atom. The molecule has 0 radical (unpaired) electrons. The normalized spacial score (nSPS) is 26.7. The van der Waals surface area contributed by atoms with Crippen molar-refractivity contribution in [1.82, 2.24) is 5.32 Å². The lowest BCUT2D eigenvalue weighted by Crippen LogP contribution is -2.39. The molecule has 1 aliphatic rings. The first-order valence-corrected chi connectivity index (χ1v) is 5.99. The van der Waals surface area contributed by atoms with Gasteiger partial charge >= 0.3 is 0 Å². The molecule has 0 bridgehead atoms. The van der Waals surface area contributed by atoms with Gasteiger partial charge in [-0.2, -0.15) is 0 Å². The molecular formula is C12H23NO2. The molecule has 0 aromatic carbocycles. The van der Waals surface area contributed by atoms with E-state index in [9.17, 15) is 4.79 Å². The predicted molar refractivity (Wildman–Crippen MR) is 60.7 cm³/mol. The van der Waals surface area contributed by atoms with Crippen LogP contribution in [-0.2, 0) is 9.53 Å². The van der Waals surface area contributed by atoms with Crippen LogP contribution >= 0.6 is 0 Å². The minimum atomic E-state index is 0.0308. The zero-order valence-electron chi connectivity index (χ0n) is 10.1. The molecule has 0 heterocycles. The molecule has 0 atom stereocenters. The van der Waals surface area contributed by atoms with Crippen molar-refractivity contribution in [3.05, 3.63) is 0 Å². The van der Waals surface area contributed by atoms with E-state index in [4.69, 9.17) is 4.74 Å². The lowest BCUT2D eigenvalue weighted by molar-refractivity contribution is -0.128. The molecule has 1 amide bonds. The summed E-state index contributed by atoms with van der Waals surface area (Å²) in [7, 11) is 0. The van der Waals surface area contributed by atoms with E-state index in [1.165, 1.54) is 12.8 Å². The van der Waals surface area contributed by atoms with Crippen molar-refractivity contribution >= 4 is 5.91 Å². The molecule has 15 heavy (non-hydrogen) atoms. The molecule has 0 unspecified atom stereocenters. The Hall–Kier alpha value is -0.570. The molecule has 0 aromatic heterocycles. The molecule has 1 rings (SSSR count). The molecule has 1 N–H and O–H groups in total. The average molecular weight is 213 g/mol. The van der Waals surface area contributed by atoms with Crippen LogP contribution in [0.3, 0.4) is 0 Å². The van der Waals surface area contributed by atoms with Gasteiger partial charge in [0, 0.05) is 6.04 Å². The predicted octanol–water partition coefficient (Wildman–Crippen LogP) is 2.11. The van der Waals surface area contributed by atoms with Crippen LogP contribution in [0, 0.1) is 5.92 Å². The van der Waals surface area contributed by atoms with E-state index >= 15 is 0 Å². The minimum absolute atomic E-state index is 0.0308. The van der Waals surface area contributed by atoms with Gasteiger partial charge in [-0.1, -0.05) is 6.92 Å². The second kappa shape index (κ2) is 6.11. The summed E-state index contributed by atoms with van der Waals surface area (Å²) in [5.41, 5.74) is 0. The van der Waals surface area contributed by atoms with Gasteiger partial charge in [-0.15, -0.1) is 0 Å². The first kappa shape index (κ1) is 12.5. The van der Waals surface area contributed by atoms with Gasteiger partial charge in [0.15, 0.2) is 0 Å². The zero-order valence-corrected chi connectivity index (χ0v) is 10.1. The monoisotopic (exact) mass is 213 g/mol.